The second-order valence-electron chi connectivity index (χ2n) is 7.13. The Bertz CT molecular complexity index is 916. The fourth-order valence-electron chi connectivity index (χ4n) is 2.36. The van der Waals surface area contributed by atoms with Crippen molar-refractivity contribution >= 4 is 21.6 Å². The molecule has 4 N–H and O–H groups in total. The normalized spacial score (nSPS) is 11.9. The van der Waals surface area contributed by atoms with Gasteiger partial charge in [-0.1, -0.05) is 18.2 Å². The molecule has 2 rings (SSSR count). The number of rotatable bonds is 6. The summed E-state index contributed by atoms with van der Waals surface area (Å²) in [6.45, 7) is 7.44. The number of benzene rings is 2. The van der Waals surface area contributed by atoms with E-state index in [-0.39, 0.29) is 22.9 Å². The van der Waals surface area contributed by atoms with Crippen molar-refractivity contribution in [2.75, 3.05) is 11.3 Å². The largest absolute Gasteiger partial charge is 0.350 e. The van der Waals surface area contributed by atoms with Gasteiger partial charge in [0.25, 0.3) is 15.9 Å². The van der Waals surface area contributed by atoms with Crippen LogP contribution in [0.5, 0.6) is 0 Å². The zero-order valence-corrected chi connectivity index (χ0v) is 16.3. The van der Waals surface area contributed by atoms with E-state index in [1.165, 1.54) is 6.07 Å². The molecular weight excluding hydrogens is 350 g/mol. The van der Waals surface area contributed by atoms with E-state index in [9.17, 15) is 13.2 Å². The minimum Gasteiger partial charge on any atom is -0.350 e. The molecule has 0 aromatic heterocycles. The van der Waals surface area contributed by atoms with Gasteiger partial charge in [-0.3, -0.25) is 9.52 Å². The van der Waals surface area contributed by atoms with Crippen molar-refractivity contribution in [2.24, 2.45) is 5.73 Å². The Kier molecular flexibility index (Phi) is 5.73. The Labute approximate surface area is 154 Å². The maximum Gasteiger partial charge on any atom is 0.262 e. The van der Waals surface area contributed by atoms with Gasteiger partial charge in [-0.2, -0.15) is 0 Å². The Balaban J connectivity index is 2.29. The van der Waals surface area contributed by atoms with E-state index in [1.807, 2.05) is 13.0 Å². The molecular formula is C19H25N3O3S. The molecule has 6 nitrogen and oxygen atoms in total. The molecule has 2 aromatic carbocycles. The predicted molar refractivity (Wildman–Crippen MR) is 104 cm³/mol. The minimum atomic E-state index is -3.81. The van der Waals surface area contributed by atoms with Crippen LogP contribution in [0.3, 0.4) is 0 Å². The van der Waals surface area contributed by atoms with E-state index in [4.69, 9.17) is 5.73 Å². The molecule has 0 fully saturated rings. The summed E-state index contributed by atoms with van der Waals surface area (Å²) in [5.41, 5.74) is 7.55. The smallest absolute Gasteiger partial charge is 0.262 e. The second kappa shape index (κ2) is 7.47. The fraction of sp³-hybridized carbons (Fsp3) is 0.316. The number of amides is 1. The fourth-order valence-corrected chi connectivity index (χ4v) is 3.68. The molecule has 2 aromatic rings. The molecule has 0 saturated carbocycles. The summed E-state index contributed by atoms with van der Waals surface area (Å²) in [4.78, 5) is 12.4. The van der Waals surface area contributed by atoms with Crippen molar-refractivity contribution in [3.8, 4) is 0 Å². The van der Waals surface area contributed by atoms with Crippen molar-refractivity contribution in [1.82, 2.24) is 5.32 Å². The molecule has 0 atom stereocenters. The maximum atomic E-state index is 12.8. The van der Waals surface area contributed by atoms with Gasteiger partial charge in [-0.05, 0) is 63.1 Å². The Hall–Kier alpha value is -2.38. The lowest BCUT2D eigenvalue weighted by atomic mass is 10.1. The predicted octanol–water partition coefficient (Wildman–Crippen LogP) is 2.57. The van der Waals surface area contributed by atoms with Crippen molar-refractivity contribution < 1.29 is 13.2 Å². The van der Waals surface area contributed by atoms with E-state index < -0.39 is 15.6 Å². The van der Waals surface area contributed by atoms with Crippen molar-refractivity contribution in [2.45, 2.75) is 38.1 Å². The average Bonchev–Trinajstić information content (AvgIpc) is 2.51. The molecule has 0 aliphatic rings. The lowest BCUT2D eigenvalue weighted by molar-refractivity contribution is 0.0946. The number of hydrogen-bond acceptors (Lipinski definition) is 4. The van der Waals surface area contributed by atoms with Gasteiger partial charge in [0, 0.05) is 23.3 Å². The summed E-state index contributed by atoms with van der Waals surface area (Å²) in [6, 6.07) is 11.7. The first-order valence-electron chi connectivity index (χ1n) is 8.25. The third-order valence-corrected chi connectivity index (χ3v) is 5.24. The standard InChI is InChI=1S/C19H25N3O3S/c1-13-6-5-7-16(10-13)22-26(24,25)17-11-15(9-8-14(17)2)18(23)21-12-19(3,4)20/h5-11,22H,12,20H2,1-4H3,(H,21,23). The second-order valence-corrected chi connectivity index (χ2v) is 8.78. The van der Waals surface area contributed by atoms with E-state index >= 15 is 0 Å². The zero-order valence-electron chi connectivity index (χ0n) is 15.5. The van der Waals surface area contributed by atoms with Crippen LogP contribution >= 0.6 is 0 Å². The van der Waals surface area contributed by atoms with Gasteiger partial charge in [-0.25, -0.2) is 8.42 Å². The highest BCUT2D eigenvalue weighted by atomic mass is 32.2. The highest BCUT2D eigenvalue weighted by molar-refractivity contribution is 7.92. The van der Waals surface area contributed by atoms with Crippen LogP contribution in [-0.2, 0) is 10.0 Å². The number of nitrogens with one attached hydrogen (secondary N) is 2. The van der Waals surface area contributed by atoms with Gasteiger partial charge in [0.2, 0.25) is 0 Å². The van der Waals surface area contributed by atoms with Crippen LogP contribution < -0.4 is 15.8 Å². The quantitative estimate of drug-likeness (QED) is 0.722. The third-order valence-electron chi connectivity index (χ3n) is 3.71. The van der Waals surface area contributed by atoms with Gasteiger partial charge in [0.05, 0.1) is 4.90 Å². The topological polar surface area (TPSA) is 101 Å². The lowest BCUT2D eigenvalue weighted by Gasteiger charge is -2.19. The van der Waals surface area contributed by atoms with E-state index in [0.717, 1.165) is 5.56 Å². The van der Waals surface area contributed by atoms with Crippen LogP contribution in [-0.4, -0.2) is 26.4 Å². The van der Waals surface area contributed by atoms with Gasteiger partial charge < -0.3 is 11.1 Å². The third kappa shape index (κ3) is 5.31. The average molecular weight is 375 g/mol. The molecule has 0 bridgehead atoms. The molecule has 0 aliphatic carbocycles. The number of sulfonamides is 1. The number of nitrogens with two attached hydrogens (primary N) is 1. The number of anilines is 1. The van der Waals surface area contributed by atoms with Crippen molar-refractivity contribution in [3.63, 3.8) is 0 Å². The first-order valence-corrected chi connectivity index (χ1v) is 9.73. The monoisotopic (exact) mass is 375 g/mol. The van der Waals surface area contributed by atoms with E-state index in [0.29, 0.717) is 11.3 Å². The van der Waals surface area contributed by atoms with Crippen LogP contribution in [0.25, 0.3) is 0 Å². The van der Waals surface area contributed by atoms with E-state index in [2.05, 4.69) is 10.0 Å². The van der Waals surface area contributed by atoms with Crippen LogP contribution in [0.4, 0.5) is 5.69 Å². The number of carbonyl (C=O) groups excluding carboxylic acids is 1. The van der Waals surface area contributed by atoms with Crippen molar-refractivity contribution in [3.05, 3.63) is 59.2 Å². The minimum absolute atomic E-state index is 0.0682. The summed E-state index contributed by atoms with van der Waals surface area (Å²) < 4.78 is 28.1. The Morgan fingerprint density at radius 3 is 2.42 bits per heavy atom. The molecule has 0 radical (unpaired) electrons. The van der Waals surface area contributed by atoms with Crippen molar-refractivity contribution in [1.29, 1.82) is 0 Å². The number of carbonyl (C=O) groups is 1. The summed E-state index contributed by atoms with van der Waals surface area (Å²) in [5.74, 6) is -0.365. The van der Waals surface area contributed by atoms with E-state index in [1.54, 1.807) is 51.1 Å². The summed E-state index contributed by atoms with van der Waals surface area (Å²) >= 11 is 0. The first-order chi connectivity index (χ1) is 12.0. The Morgan fingerprint density at radius 1 is 1.12 bits per heavy atom. The van der Waals surface area contributed by atoms with Crippen LogP contribution in [0.15, 0.2) is 47.4 Å². The molecule has 0 unspecified atom stereocenters. The maximum absolute atomic E-state index is 12.8. The molecule has 140 valence electrons. The van der Waals surface area contributed by atoms with Gasteiger partial charge >= 0.3 is 0 Å². The first kappa shape index (κ1) is 19.9. The summed E-state index contributed by atoms with van der Waals surface area (Å²) in [5, 5.41) is 2.72. The lowest BCUT2D eigenvalue weighted by Crippen LogP contribution is -2.45. The summed E-state index contributed by atoms with van der Waals surface area (Å²) in [6.07, 6.45) is 0. The van der Waals surface area contributed by atoms with Gasteiger partial charge in [0.15, 0.2) is 0 Å². The highest BCUT2D eigenvalue weighted by Gasteiger charge is 2.20. The van der Waals surface area contributed by atoms with Gasteiger partial charge in [0.1, 0.15) is 0 Å². The zero-order chi connectivity index (χ0) is 19.5. The van der Waals surface area contributed by atoms with Crippen LogP contribution in [0.1, 0.15) is 35.3 Å². The SMILES string of the molecule is Cc1cccc(NS(=O)(=O)c2cc(C(=O)NCC(C)(C)N)ccc2C)c1. The molecule has 0 aliphatic heterocycles. The Morgan fingerprint density at radius 2 is 1.81 bits per heavy atom. The number of hydrogen-bond donors (Lipinski definition) is 3. The molecule has 7 heteroatoms. The van der Waals surface area contributed by atoms with Crippen LogP contribution in [0, 0.1) is 13.8 Å². The highest BCUT2D eigenvalue weighted by Crippen LogP contribution is 2.21. The molecule has 0 saturated heterocycles. The summed E-state index contributed by atoms with van der Waals surface area (Å²) in [7, 11) is -3.81. The van der Waals surface area contributed by atoms with Gasteiger partial charge in [-0.15, -0.1) is 0 Å². The molecule has 26 heavy (non-hydrogen) atoms. The molecule has 1 amide bonds. The molecule has 0 spiro atoms. The van der Waals surface area contributed by atoms with Crippen LogP contribution in [0.2, 0.25) is 0 Å². The molecule has 0 heterocycles. The number of aryl methyl sites for hydroxylation is 2.